The molecular weight excluding hydrogens is 338 g/mol. The number of methoxy groups -OCH3 is 1. The minimum absolute atomic E-state index is 0.277. The molecule has 0 aromatic heterocycles. The lowest BCUT2D eigenvalue weighted by Crippen LogP contribution is -2.15. The normalized spacial score (nSPS) is 10.5. The van der Waals surface area contributed by atoms with Crippen LogP contribution in [-0.2, 0) is 0 Å². The third-order valence-corrected chi connectivity index (χ3v) is 4.06. The Morgan fingerprint density at radius 3 is 2.60 bits per heavy atom. The molecule has 128 valence electrons. The van der Waals surface area contributed by atoms with E-state index in [-0.39, 0.29) is 5.91 Å². The highest BCUT2D eigenvalue weighted by molar-refractivity contribution is 6.31. The molecule has 0 fully saturated rings. The second-order valence-corrected chi connectivity index (χ2v) is 5.83. The van der Waals surface area contributed by atoms with Crippen LogP contribution in [0.5, 0.6) is 11.5 Å². The minimum atomic E-state index is -0.277. The Kier molecular flexibility index (Phi) is 5.10. The van der Waals surface area contributed by atoms with Crippen LogP contribution in [-0.4, -0.2) is 19.6 Å². The van der Waals surface area contributed by atoms with Crippen molar-refractivity contribution in [3.63, 3.8) is 0 Å². The van der Waals surface area contributed by atoms with E-state index in [1.54, 1.807) is 25.3 Å². The number of amides is 1. The Bertz CT molecular complexity index is 924. The maximum atomic E-state index is 13.0. The summed E-state index contributed by atoms with van der Waals surface area (Å²) in [6, 6.07) is 16.5. The first-order valence-corrected chi connectivity index (χ1v) is 8.31. The topological polar surface area (TPSA) is 47.6 Å². The molecule has 0 saturated carbocycles. The van der Waals surface area contributed by atoms with Crippen molar-refractivity contribution >= 4 is 34.0 Å². The molecule has 0 aliphatic rings. The smallest absolute Gasteiger partial charge is 0.260 e. The fraction of sp³-hybridized carbons (Fsp3) is 0.150. The Hall–Kier alpha value is -2.72. The third kappa shape index (κ3) is 3.54. The lowest BCUT2D eigenvalue weighted by molar-refractivity contribution is 0.102. The number of hydrogen-bond donors (Lipinski definition) is 1. The molecule has 0 aliphatic carbocycles. The molecule has 5 heteroatoms. The second kappa shape index (κ2) is 7.45. The summed E-state index contributed by atoms with van der Waals surface area (Å²) >= 11 is 6.05. The van der Waals surface area contributed by atoms with Gasteiger partial charge in [0.05, 0.1) is 25.0 Å². The first kappa shape index (κ1) is 17.1. The maximum absolute atomic E-state index is 13.0. The van der Waals surface area contributed by atoms with Crippen LogP contribution in [0, 0.1) is 0 Å². The zero-order chi connectivity index (χ0) is 17.8. The van der Waals surface area contributed by atoms with Gasteiger partial charge < -0.3 is 14.8 Å². The molecule has 0 spiro atoms. The van der Waals surface area contributed by atoms with Gasteiger partial charge in [0.25, 0.3) is 5.91 Å². The van der Waals surface area contributed by atoms with E-state index in [2.05, 4.69) is 5.32 Å². The Morgan fingerprint density at radius 1 is 1.08 bits per heavy atom. The van der Waals surface area contributed by atoms with Crippen molar-refractivity contribution in [2.45, 2.75) is 6.92 Å². The summed E-state index contributed by atoms with van der Waals surface area (Å²) in [6.45, 7) is 2.36. The number of halogens is 1. The standard InChI is InChI=1S/C20H18ClNO3/c1-3-25-18-10-8-13-6-4-5-7-15(13)19(18)20(23)22-16-12-14(21)9-11-17(16)24-2/h4-12H,3H2,1-2H3,(H,22,23). The van der Waals surface area contributed by atoms with Gasteiger partial charge in [-0.05, 0) is 42.0 Å². The van der Waals surface area contributed by atoms with Crippen LogP contribution in [0.2, 0.25) is 5.02 Å². The number of carbonyl (C=O) groups excluding carboxylic acids is 1. The maximum Gasteiger partial charge on any atom is 0.260 e. The van der Waals surface area contributed by atoms with Gasteiger partial charge in [-0.1, -0.05) is 41.9 Å². The van der Waals surface area contributed by atoms with Crippen LogP contribution in [0.1, 0.15) is 17.3 Å². The van der Waals surface area contributed by atoms with Crippen LogP contribution in [0.4, 0.5) is 5.69 Å². The molecule has 0 bridgehead atoms. The summed E-state index contributed by atoms with van der Waals surface area (Å²) in [5, 5.41) is 5.19. The van der Waals surface area contributed by atoms with Crippen LogP contribution >= 0.6 is 11.6 Å². The van der Waals surface area contributed by atoms with Gasteiger partial charge in [-0.15, -0.1) is 0 Å². The molecule has 4 nitrogen and oxygen atoms in total. The number of hydrogen-bond acceptors (Lipinski definition) is 3. The molecule has 3 aromatic carbocycles. The summed E-state index contributed by atoms with van der Waals surface area (Å²) < 4.78 is 11.0. The zero-order valence-electron chi connectivity index (χ0n) is 14.0. The van der Waals surface area contributed by atoms with E-state index in [4.69, 9.17) is 21.1 Å². The average Bonchev–Trinajstić information content (AvgIpc) is 2.62. The van der Waals surface area contributed by atoms with Crippen molar-refractivity contribution in [3.05, 3.63) is 65.2 Å². The molecule has 0 aliphatic heterocycles. The van der Waals surface area contributed by atoms with E-state index in [0.717, 1.165) is 10.8 Å². The Balaban J connectivity index is 2.07. The highest BCUT2D eigenvalue weighted by Crippen LogP contribution is 2.32. The van der Waals surface area contributed by atoms with E-state index in [0.29, 0.717) is 34.4 Å². The lowest BCUT2D eigenvalue weighted by Gasteiger charge is -2.15. The van der Waals surface area contributed by atoms with E-state index in [9.17, 15) is 4.79 Å². The number of nitrogens with one attached hydrogen (secondary N) is 1. The van der Waals surface area contributed by atoms with Crippen molar-refractivity contribution in [1.29, 1.82) is 0 Å². The molecule has 0 heterocycles. The minimum Gasteiger partial charge on any atom is -0.495 e. The van der Waals surface area contributed by atoms with Crippen LogP contribution in [0.3, 0.4) is 0 Å². The van der Waals surface area contributed by atoms with Crippen LogP contribution in [0.25, 0.3) is 10.8 Å². The number of carbonyl (C=O) groups is 1. The van der Waals surface area contributed by atoms with Gasteiger partial charge in [0.1, 0.15) is 11.5 Å². The zero-order valence-corrected chi connectivity index (χ0v) is 14.8. The summed E-state index contributed by atoms with van der Waals surface area (Å²) in [6.07, 6.45) is 0. The van der Waals surface area contributed by atoms with Gasteiger partial charge in [-0.25, -0.2) is 0 Å². The summed E-state index contributed by atoms with van der Waals surface area (Å²) in [4.78, 5) is 13.0. The average molecular weight is 356 g/mol. The van der Waals surface area contributed by atoms with Gasteiger partial charge >= 0.3 is 0 Å². The Morgan fingerprint density at radius 2 is 1.84 bits per heavy atom. The molecule has 0 radical (unpaired) electrons. The third-order valence-electron chi connectivity index (χ3n) is 3.83. The molecule has 1 N–H and O–H groups in total. The molecule has 0 unspecified atom stereocenters. The predicted octanol–water partition coefficient (Wildman–Crippen LogP) is 5.15. The second-order valence-electron chi connectivity index (χ2n) is 5.39. The first-order valence-electron chi connectivity index (χ1n) is 7.93. The lowest BCUT2D eigenvalue weighted by atomic mass is 10.0. The molecule has 0 atom stereocenters. The number of anilines is 1. The molecule has 0 saturated heterocycles. The molecule has 3 aromatic rings. The summed E-state index contributed by atoms with van der Waals surface area (Å²) in [5.74, 6) is 0.802. The number of ether oxygens (including phenoxy) is 2. The molecule has 3 rings (SSSR count). The highest BCUT2D eigenvalue weighted by atomic mass is 35.5. The van der Waals surface area contributed by atoms with Gasteiger partial charge in [-0.3, -0.25) is 4.79 Å². The monoisotopic (exact) mass is 355 g/mol. The fourth-order valence-electron chi connectivity index (χ4n) is 2.72. The van der Waals surface area contributed by atoms with E-state index in [1.165, 1.54) is 0 Å². The van der Waals surface area contributed by atoms with Crippen LogP contribution in [0.15, 0.2) is 54.6 Å². The van der Waals surface area contributed by atoms with Gasteiger partial charge in [0.2, 0.25) is 0 Å². The van der Waals surface area contributed by atoms with Crippen LogP contribution < -0.4 is 14.8 Å². The van der Waals surface area contributed by atoms with E-state index >= 15 is 0 Å². The Labute approximate surface area is 151 Å². The van der Waals surface area contributed by atoms with E-state index in [1.807, 2.05) is 43.3 Å². The van der Waals surface area contributed by atoms with E-state index < -0.39 is 0 Å². The van der Waals surface area contributed by atoms with Crippen molar-refractivity contribution in [1.82, 2.24) is 0 Å². The number of fused-ring (bicyclic) bond motifs is 1. The van der Waals surface area contributed by atoms with Crippen molar-refractivity contribution in [3.8, 4) is 11.5 Å². The highest BCUT2D eigenvalue weighted by Gasteiger charge is 2.18. The SMILES string of the molecule is CCOc1ccc2ccccc2c1C(=O)Nc1cc(Cl)ccc1OC. The largest absolute Gasteiger partial charge is 0.495 e. The molecular formula is C20H18ClNO3. The summed E-state index contributed by atoms with van der Waals surface area (Å²) in [5.41, 5.74) is 0.998. The number of rotatable bonds is 5. The quantitative estimate of drug-likeness (QED) is 0.688. The van der Waals surface area contributed by atoms with Gasteiger partial charge in [0, 0.05) is 5.02 Å². The summed E-state index contributed by atoms with van der Waals surface area (Å²) in [7, 11) is 1.54. The predicted molar refractivity (Wildman–Crippen MR) is 101 cm³/mol. The van der Waals surface area contributed by atoms with Gasteiger partial charge in [-0.2, -0.15) is 0 Å². The van der Waals surface area contributed by atoms with Crippen molar-refractivity contribution in [2.24, 2.45) is 0 Å². The molecule has 1 amide bonds. The van der Waals surface area contributed by atoms with Crippen molar-refractivity contribution in [2.75, 3.05) is 19.0 Å². The number of benzene rings is 3. The van der Waals surface area contributed by atoms with Gasteiger partial charge in [0.15, 0.2) is 0 Å². The fourth-order valence-corrected chi connectivity index (χ4v) is 2.90. The first-order chi connectivity index (χ1) is 12.1. The molecule has 25 heavy (non-hydrogen) atoms. The van der Waals surface area contributed by atoms with Crippen molar-refractivity contribution < 1.29 is 14.3 Å².